The molecule has 0 atom stereocenters. The molecule has 1 aliphatic heterocycles. The van der Waals surface area contributed by atoms with Gasteiger partial charge in [0.1, 0.15) is 0 Å². The normalized spacial score (nSPS) is 16.0. The van der Waals surface area contributed by atoms with Crippen LogP contribution in [0.3, 0.4) is 0 Å². The van der Waals surface area contributed by atoms with Crippen molar-refractivity contribution in [2.24, 2.45) is 0 Å². The summed E-state index contributed by atoms with van der Waals surface area (Å²) >= 11 is 0. The Labute approximate surface area is 77.0 Å². The zero-order valence-corrected chi connectivity index (χ0v) is 7.35. The topological polar surface area (TPSA) is 27.8 Å². The third kappa shape index (κ3) is 0.988. The molecule has 0 unspecified atom stereocenters. The molecule has 1 aliphatic rings. The maximum atomic E-state index is 3.44. The highest BCUT2D eigenvalue weighted by molar-refractivity contribution is 5.84. The van der Waals surface area contributed by atoms with Gasteiger partial charge in [-0.15, -0.1) is 0 Å². The average molecular weight is 171 g/mol. The molecule has 0 amide bonds. The smallest absolute Gasteiger partial charge is 0.0465 e. The van der Waals surface area contributed by atoms with E-state index in [9.17, 15) is 0 Å². The van der Waals surface area contributed by atoms with E-state index in [0.717, 1.165) is 19.5 Å². The Kier molecular flexibility index (Phi) is 1.43. The Morgan fingerprint density at radius 2 is 2.38 bits per heavy atom. The molecule has 13 heavy (non-hydrogen) atoms. The van der Waals surface area contributed by atoms with Crippen LogP contribution < -0.4 is 5.32 Å². The van der Waals surface area contributed by atoms with Crippen LogP contribution in [-0.4, -0.2) is 11.5 Å². The van der Waals surface area contributed by atoms with Gasteiger partial charge in [-0.1, -0.05) is 12.1 Å². The van der Waals surface area contributed by atoms with Crippen molar-refractivity contribution >= 4 is 10.9 Å². The highest BCUT2D eigenvalue weighted by atomic mass is 14.9. The predicted octanol–water partition coefficient (Wildman–Crippen LogP) is 1.61. The monoisotopic (exact) mass is 171 g/mol. The summed E-state index contributed by atoms with van der Waals surface area (Å²) in [5.74, 6) is 0. The first-order valence-corrected chi connectivity index (χ1v) is 4.65. The highest BCUT2D eigenvalue weighted by Gasteiger charge is 2.13. The third-order valence-corrected chi connectivity index (χ3v) is 2.69. The van der Waals surface area contributed by atoms with E-state index in [1.54, 1.807) is 0 Å². The van der Waals surface area contributed by atoms with E-state index in [2.05, 4.69) is 22.4 Å². The molecule has 0 saturated carbocycles. The molecule has 2 heterocycles. The number of hydrogen-bond donors (Lipinski definition) is 2. The molecule has 1 aromatic carbocycles. The number of aromatic nitrogens is 1. The van der Waals surface area contributed by atoms with Crippen molar-refractivity contribution in [2.45, 2.75) is 13.0 Å². The molecular weight excluding hydrogens is 160 g/mol. The Bertz CT molecular complexity index is 442. The molecule has 2 heteroatoms. The lowest BCUT2D eigenvalue weighted by molar-refractivity contribution is 0.641. The van der Waals surface area contributed by atoms with E-state index in [1.807, 2.05) is 12.1 Å². The Morgan fingerprint density at radius 1 is 1.38 bits per heavy atom. The second-order valence-electron chi connectivity index (χ2n) is 3.48. The average Bonchev–Trinajstić information content (AvgIpc) is 2.56. The third-order valence-electron chi connectivity index (χ3n) is 2.69. The molecule has 1 aromatic heterocycles. The quantitative estimate of drug-likeness (QED) is 0.619. The van der Waals surface area contributed by atoms with E-state index in [4.69, 9.17) is 0 Å². The van der Waals surface area contributed by atoms with E-state index in [1.165, 1.54) is 22.2 Å². The van der Waals surface area contributed by atoms with Crippen LogP contribution in [0.5, 0.6) is 0 Å². The number of rotatable bonds is 0. The van der Waals surface area contributed by atoms with Crippen molar-refractivity contribution in [3.8, 4) is 0 Å². The fourth-order valence-electron chi connectivity index (χ4n) is 2.04. The Hall–Kier alpha value is -1.28. The Morgan fingerprint density at radius 3 is 3.38 bits per heavy atom. The second kappa shape index (κ2) is 2.60. The van der Waals surface area contributed by atoms with Crippen molar-refractivity contribution in [3.63, 3.8) is 0 Å². The fraction of sp³-hybridized carbons (Fsp3) is 0.273. The number of aromatic amines is 1. The molecule has 0 aliphatic carbocycles. The van der Waals surface area contributed by atoms with Crippen molar-refractivity contribution in [3.05, 3.63) is 35.5 Å². The number of fused-ring (bicyclic) bond motifs is 3. The van der Waals surface area contributed by atoms with Crippen LogP contribution in [0.1, 0.15) is 11.3 Å². The second-order valence-corrected chi connectivity index (χ2v) is 3.48. The van der Waals surface area contributed by atoms with Crippen LogP contribution in [0.2, 0.25) is 0 Å². The SMILES string of the molecule is [c]1ccc2c3c([nH]c2c1)CCNC3. The summed E-state index contributed by atoms with van der Waals surface area (Å²) in [5, 5.41) is 4.74. The van der Waals surface area contributed by atoms with E-state index >= 15 is 0 Å². The molecule has 0 bridgehead atoms. The summed E-state index contributed by atoms with van der Waals surface area (Å²) in [5.41, 5.74) is 4.06. The van der Waals surface area contributed by atoms with Crippen molar-refractivity contribution in [1.82, 2.24) is 10.3 Å². The zero-order chi connectivity index (χ0) is 8.67. The minimum absolute atomic E-state index is 0.999. The lowest BCUT2D eigenvalue weighted by Crippen LogP contribution is -2.22. The van der Waals surface area contributed by atoms with Gasteiger partial charge in [-0.25, -0.2) is 0 Å². The van der Waals surface area contributed by atoms with Gasteiger partial charge < -0.3 is 10.3 Å². The summed E-state index contributed by atoms with van der Waals surface area (Å²) in [6, 6.07) is 9.23. The molecule has 2 nitrogen and oxygen atoms in total. The largest absolute Gasteiger partial charge is 0.358 e. The number of benzene rings is 1. The molecule has 0 saturated heterocycles. The lowest BCUT2D eigenvalue weighted by Gasteiger charge is -2.12. The van der Waals surface area contributed by atoms with Crippen molar-refractivity contribution < 1.29 is 0 Å². The first-order valence-electron chi connectivity index (χ1n) is 4.65. The molecule has 2 aromatic rings. The zero-order valence-electron chi connectivity index (χ0n) is 7.35. The predicted molar refractivity (Wildman–Crippen MR) is 52.5 cm³/mol. The van der Waals surface area contributed by atoms with Crippen LogP contribution in [0.15, 0.2) is 18.2 Å². The van der Waals surface area contributed by atoms with Crippen LogP contribution in [-0.2, 0) is 13.0 Å². The van der Waals surface area contributed by atoms with E-state index < -0.39 is 0 Å². The van der Waals surface area contributed by atoms with Gasteiger partial charge >= 0.3 is 0 Å². The number of nitrogens with one attached hydrogen (secondary N) is 2. The van der Waals surface area contributed by atoms with Gasteiger partial charge in [-0.3, -0.25) is 0 Å². The molecule has 1 radical (unpaired) electrons. The Balaban J connectivity index is 2.34. The minimum Gasteiger partial charge on any atom is -0.358 e. The molecule has 0 fully saturated rings. The first kappa shape index (κ1) is 7.15. The fourth-order valence-corrected chi connectivity index (χ4v) is 2.04. The highest BCUT2D eigenvalue weighted by Crippen LogP contribution is 2.23. The van der Waals surface area contributed by atoms with Gasteiger partial charge in [0.25, 0.3) is 0 Å². The summed E-state index contributed by atoms with van der Waals surface area (Å²) < 4.78 is 0. The standard InChI is InChI=1S/C11H11N2/c1-2-4-10-8(3-1)9-7-12-6-5-11(9)13-10/h1,3-4,12-13H,5-7H2. The van der Waals surface area contributed by atoms with Gasteiger partial charge in [0.05, 0.1) is 0 Å². The van der Waals surface area contributed by atoms with Gasteiger partial charge in [0.2, 0.25) is 0 Å². The van der Waals surface area contributed by atoms with E-state index in [-0.39, 0.29) is 0 Å². The summed E-state index contributed by atoms with van der Waals surface area (Å²) in [7, 11) is 0. The minimum atomic E-state index is 0.999. The van der Waals surface area contributed by atoms with E-state index in [0.29, 0.717) is 0 Å². The van der Waals surface area contributed by atoms with Crippen LogP contribution in [0, 0.1) is 6.07 Å². The van der Waals surface area contributed by atoms with Crippen LogP contribution in [0.4, 0.5) is 0 Å². The van der Waals surface area contributed by atoms with Gasteiger partial charge in [-0.2, -0.15) is 0 Å². The van der Waals surface area contributed by atoms with Crippen LogP contribution in [0.25, 0.3) is 10.9 Å². The summed E-state index contributed by atoms with van der Waals surface area (Å²) in [6.45, 7) is 2.09. The number of H-pyrrole nitrogens is 1. The van der Waals surface area contributed by atoms with Crippen LogP contribution >= 0.6 is 0 Å². The van der Waals surface area contributed by atoms with Crippen molar-refractivity contribution in [2.75, 3.05) is 6.54 Å². The number of hydrogen-bond acceptors (Lipinski definition) is 1. The maximum absolute atomic E-state index is 3.44. The molecule has 3 rings (SSSR count). The first-order chi connectivity index (χ1) is 6.45. The molecular formula is C11H11N2. The lowest BCUT2D eigenvalue weighted by atomic mass is 10.1. The molecule has 0 spiro atoms. The summed E-state index contributed by atoms with van der Waals surface area (Å²) in [6.07, 6.45) is 1.12. The van der Waals surface area contributed by atoms with Gasteiger partial charge in [0, 0.05) is 36.1 Å². The summed E-state index contributed by atoms with van der Waals surface area (Å²) in [4.78, 5) is 3.44. The van der Waals surface area contributed by atoms with Crippen molar-refractivity contribution in [1.29, 1.82) is 0 Å². The molecule has 65 valence electrons. The van der Waals surface area contributed by atoms with Gasteiger partial charge in [0.15, 0.2) is 0 Å². The molecule has 2 N–H and O–H groups in total. The maximum Gasteiger partial charge on any atom is 0.0465 e. The van der Waals surface area contributed by atoms with Gasteiger partial charge in [-0.05, 0) is 17.7 Å².